The number of nitrogens with two attached hydrogens (primary N) is 1. The van der Waals surface area contributed by atoms with Crippen LogP contribution in [0, 0.1) is 6.92 Å². The third kappa shape index (κ3) is 1.91. The summed E-state index contributed by atoms with van der Waals surface area (Å²) in [6, 6.07) is 6.27. The van der Waals surface area contributed by atoms with Gasteiger partial charge in [-0.15, -0.1) is 0 Å². The van der Waals surface area contributed by atoms with Gasteiger partial charge < -0.3 is 5.43 Å². The molecule has 0 saturated heterocycles. The molecule has 1 heterocycles. The summed E-state index contributed by atoms with van der Waals surface area (Å²) in [5, 5.41) is 1.07. The topological polar surface area (TPSA) is 50.9 Å². The number of nitrogen functional groups attached to an aromatic ring is 1. The monoisotopic (exact) mass is 291 g/mol. The molecule has 0 unspecified atom stereocenters. The average molecular weight is 292 g/mol. The first-order valence-corrected chi connectivity index (χ1v) is 6.56. The number of halogens is 1. The average Bonchev–Trinajstić information content (AvgIpc) is 3.11. The van der Waals surface area contributed by atoms with Gasteiger partial charge in [-0.3, -0.25) is 10.8 Å². The number of nitrogens with one attached hydrogen (secondary N) is 1. The van der Waals surface area contributed by atoms with Gasteiger partial charge in [0.1, 0.15) is 0 Å². The van der Waals surface area contributed by atoms with Crippen molar-refractivity contribution in [2.75, 3.05) is 5.43 Å². The van der Waals surface area contributed by atoms with Gasteiger partial charge in [-0.1, -0.05) is 0 Å². The van der Waals surface area contributed by atoms with E-state index in [4.69, 9.17) is 10.8 Å². The van der Waals surface area contributed by atoms with Crippen molar-refractivity contribution >= 4 is 32.5 Å². The first kappa shape index (κ1) is 11.0. The molecule has 1 aliphatic rings. The van der Waals surface area contributed by atoms with Gasteiger partial charge in [0.2, 0.25) is 0 Å². The van der Waals surface area contributed by atoms with E-state index >= 15 is 0 Å². The zero-order valence-corrected chi connectivity index (χ0v) is 11.2. The highest BCUT2D eigenvalue weighted by Gasteiger charge is 2.26. The number of aryl methyl sites for hydroxylation is 1. The lowest BCUT2D eigenvalue weighted by Crippen LogP contribution is -2.08. The zero-order valence-electron chi connectivity index (χ0n) is 9.63. The number of hydrogen-bond donors (Lipinski definition) is 2. The Kier molecular flexibility index (Phi) is 2.56. The standard InChI is InChI=1S/C13H14BrN3/c1-7-4-9-12(17-15)6-11(8-2-3-8)16-13(9)10(14)5-7/h4-6,8H,2-3,15H2,1H3,(H,16,17). The molecular formula is C13H14BrN3. The van der Waals surface area contributed by atoms with Crippen LogP contribution >= 0.6 is 15.9 Å². The van der Waals surface area contributed by atoms with Gasteiger partial charge in [0.15, 0.2) is 0 Å². The van der Waals surface area contributed by atoms with Crippen LogP contribution in [0.25, 0.3) is 10.9 Å². The molecule has 3 nitrogen and oxygen atoms in total. The number of rotatable bonds is 2. The van der Waals surface area contributed by atoms with Crippen molar-refractivity contribution in [1.82, 2.24) is 4.98 Å². The third-order valence-corrected chi connectivity index (χ3v) is 3.79. The molecule has 88 valence electrons. The molecule has 3 rings (SSSR count). The first-order chi connectivity index (χ1) is 8.19. The van der Waals surface area contributed by atoms with Crippen LogP contribution in [0.5, 0.6) is 0 Å². The highest BCUT2D eigenvalue weighted by molar-refractivity contribution is 9.10. The van der Waals surface area contributed by atoms with Gasteiger partial charge in [-0.2, -0.15) is 0 Å². The summed E-state index contributed by atoms with van der Waals surface area (Å²) in [5.74, 6) is 6.24. The van der Waals surface area contributed by atoms with Gasteiger partial charge in [0.25, 0.3) is 0 Å². The number of benzene rings is 1. The molecule has 0 bridgehead atoms. The van der Waals surface area contributed by atoms with Crippen molar-refractivity contribution in [2.45, 2.75) is 25.7 Å². The first-order valence-electron chi connectivity index (χ1n) is 5.76. The fourth-order valence-electron chi connectivity index (χ4n) is 2.15. The number of anilines is 1. The Morgan fingerprint density at radius 2 is 2.12 bits per heavy atom. The highest BCUT2D eigenvalue weighted by Crippen LogP contribution is 2.41. The van der Waals surface area contributed by atoms with E-state index < -0.39 is 0 Å². The number of hydrogen-bond acceptors (Lipinski definition) is 3. The molecule has 0 atom stereocenters. The van der Waals surface area contributed by atoms with Gasteiger partial charge in [0.05, 0.1) is 11.2 Å². The minimum absolute atomic E-state index is 0.625. The maximum atomic E-state index is 5.61. The molecule has 0 aliphatic heterocycles. The lowest BCUT2D eigenvalue weighted by atomic mass is 10.1. The molecule has 0 spiro atoms. The number of nitrogens with zero attached hydrogens (tertiary/aromatic N) is 1. The Morgan fingerprint density at radius 1 is 1.35 bits per heavy atom. The smallest absolute Gasteiger partial charge is 0.0868 e. The molecule has 1 fully saturated rings. The minimum Gasteiger partial charge on any atom is -0.323 e. The predicted octanol–water partition coefficient (Wildman–Crippen LogP) is 3.47. The second-order valence-electron chi connectivity index (χ2n) is 4.66. The van der Waals surface area contributed by atoms with Crippen LogP contribution < -0.4 is 11.3 Å². The molecule has 4 heteroatoms. The van der Waals surface area contributed by atoms with Gasteiger partial charge in [0, 0.05) is 21.5 Å². The van der Waals surface area contributed by atoms with E-state index in [0.29, 0.717) is 5.92 Å². The molecule has 1 aromatic heterocycles. The van der Waals surface area contributed by atoms with Crippen molar-refractivity contribution < 1.29 is 0 Å². The summed E-state index contributed by atoms with van der Waals surface area (Å²) in [5.41, 5.74) is 7.08. The third-order valence-electron chi connectivity index (χ3n) is 3.18. The minimum atomic E-state index is 0.625. The second kappa shape index (κ2) is 3.96. The number of hydrazine groups is 1. The van der Waals surface area contributed by atoms with Crippen LogP contribution in [0.3, 0.4) is 0 Å². The SMILES string of the molecule is Cc1cc(Br)c2nc(C3CC3)cc(NN)c2c1. The maximum absolute atomic E-state index is 5.61. The Morgan fingerprint density at radius 3 is 2.76 bits per heavy atom. The van der Waals surface area contributed by atoms with Crippen LogP contribution in [0.15, 0.2) is 22.7 Å². The fraction of sp³-hybridized carbons (Fsp3) is 0.308. The fourth-order valence-corrected chi connectivity index (χ4v) is 2.81. The van der Waals surface area contributed by atoms with E-state index in [9.17, 15) is 0 Å². The Balaban J connectivity index is 2.31. The molecule has 1 saturated carbocycles. The summed E-state index contributed by atoms with van der Waals surface area (Å²) in [4.78, 5) is 4.74. The van der Waals surface area contributed by atoms with Crippen molar-refractivity contribution in [3.05, 3.63) is 33.9 Å². The van der Waals surface area contributed by atoms with E-state index in [-0.39, 0.29) is 0 Å². The van der Waals surface area contributed by atoms with E-state index in [1.54, 1.807) is 0 Å². The van der Waals surface area contributed by atoms with E-state index in [0.717, 1.165) is 26.8 Å². The summed E-state index contributed by atoms with van der Waals surface area (Å²) in [7, 11) is 0. The highest BCUT2D eigenvalue weighted by atomic mass is 79.9. The normalized spacial score (nSPS) is 15.2. The van der Waals surface area contributed by atoms with Gasteiger partial charge in [-0.05, 0) is 59.5 Å². The lowest BCUT2D eigenvalue weighted by Gasteiger charge is -2.10. The quantitative estimate of drug-likeness (QED) is 0.658. The van der Waals surface area contributed by atoms with E-state index in [2.05, 4.69) is 46.5 Å². The molecule has 3 N–H and O–H groups in total. The molecule has 17 heavy (non-hydrogen) atoms. The van der Waals surface area contributed by atoms with Crippen molar-refractivity contribution in [1.29, 1.82) is 0 Å². The molecule has 1 aliphatic carbocycles. The van der Waals surface area contributed by atoms with Gasteiger partial charge in [-0.25, -0.2) is 0 Å². The van der Waals surface area contributed by atoms with Crippen LogP contribution in [0.4, 0.5) is 5.69 Å². The number of fused-ring (bicyclic) bond motifs is 1. The predicted molar refractivity (Wildman–Crippen MR) is 74.0 cm³/mol. The summed E-state index contributed by atoms with van der Waals surface area (Å²) in [6.07, 6.45) is 2.48. The van der Waals surface area contributed by atoms with Crippen LogP contribution in [-0.2, 0) is 0 Å². The lowest BCUT2D eigenvalue weighted by molar-refractivity contribution is 1.04. The summed E-state index contributed by atoms with van der Waals surface area (Å²) < 4.78 is 1.03. The Bertz CT molecular complexity index is 591. The number of pyridine rings is 1. The largest absolute Gasteiger partial charge is 0.323 e. The molecule has 1 aromatic carbocycles. The molecule has 0 amide bonds. The van der Waals surface area contributed by atoms with E-state index in [1.165, 1.54) is 18.4 Å². The van der Waals surface area contributed by atoms with Crippen molar-refractivity contribution in [3.8, 4) is 0 Å². The Hall–Kier alpha value is -1.13. The summed E-state index contributed by atoms with van der Waals surface area (Å²) in [6.45, 7) is 2.07. The van der Waals surface area contributed by atoms with E-state index in [1.807, 2.05) is 0 Å². The van der Waals surface area contributed by atoms with Crippen molar-refractivity contribution in [3.63, 3.8) is 0 Å². The molecular weight excluding hydrogens is 278 g/mol. The molecule has 2 aromatic rings. The van der Waals surface area contributed by atoms with Crippen LogP contribution in [0.2, 0.25) is 0 Å². The zero-order chi connectivity index (χ0) is 12.0. The number of aromatic nitrogens is 1. The van der Waals surface area contributed by atoms with Crippen molar-refractivity contribution in [2.24, 2.45) is 5.84 Å². The molecule has 0 radical (unpaired) electrons. The summed E-state index contributed by atoms with van der Waals surface area (Å²) >= 11 is 3.58. The second-order valence-corrected chi connectivity index (χ2v) is 5.51. The van der Waals surface area contributed by atoms with Crippen LogP contribution in [-0.4, -0.2) is 4.98 Å². The van der Waals surface area contributed by atoms with Crippen LogP contribution in [0.1, 0.15) is 30.0 Å². The maximum Gasteiger partial charge on any atom is 0.0868 e. The van der Waals surface area contributed by atoms with Gasteiger partial charge >= 0.3 is 0 Å². The Labute approximate surface area is 109 Å².